The third-order valence-corrected chi connectivity index (χ3v) is 3.93. The summed E-state index contributed by atoms with van der Waals surface area (Å²) in [7, 11) is 0. The first-order valence-corrected chi connectivity index (χ1v) is 6.88. The minimum absolute atomic E-state index is 0.186. The largest absolute Gasteiger partial charge is 0.481 e. The Kier molecular flexibility index (Phi) is 3.14. The Bertz CT molecular complexity index is 662. The Morgan fingerprint density at radius 2 is 2.16 bits per heavy atom. The van der Waals surface area contributed by atoms with Gasteiger partial charge < -0.3 is 9.52 Å². The molecule has 1 N–H and O–H groups in total. The van der Waals surface area contributed by atoms with Gasteiger partial charge in [-0.2, -0.15) is 0 Å². The van der Waals surface area contributed by atoms with Crippen molar-refractivity contribution >= 4 is 33.0 Å². The van der Waals surface area contributed by atoms with E-state index in [0.717, 1.165) is 9.99 Å². The Hall–Kier alpha value is -1.62. The molecule has 5 heteroatoms. The number of hydrogen-bond acceptors (Lipinski definition) is 3. The van der Waals surface area contributed by atoms with Gasteiger partial charge in [-0.05, 0) is 31.0 Å². The molecule has 3 rings (SSSR count). The molecular formula is C14H12BrNO3. The third kappa shape index (κ3) is 2.30. The van der Waals surface area contributed by atoms with Crippen LogP contribution in [0, 0.1) is 5.92 Å². The van der Waals surface area contributed by atoms with Crippen molar-refractivity contribution in [1.29, 1.82) is 0 Å². The molecule has 1 aliphatic rings. The normalized spacial score (nSPS) is 22.8. The van der Waals surface area contributed by atoms with Crippen molar-refractivity contribution in [3.05, 3.63) is 40.7 Å². The number of nitrogens with zero attached hydrogens (tertiary/aromatic N) is 1. The fourth-order valence-electron chi connectivity index (χ4n) is 2.44. The van der Waals surface area contributed by atoms with E-state index in [1.807, 2.05) is 30.4 Å². The molecule has 0 radical (unpaired) electrons. The van der Waals surface area contributed by atoms with Crippen LogP contribution < -0.4 is 0 Å². The van der Waals surface area contributed by atoms with E-state index in [4.69, 9.17) is 4.42 Å². The number of aromatic nitrogens is 1. The van der Waals surface area contributed by atoms with Crippen molar-refractivity contribution in [1.82, 2.24) is 4.98 Å². The number of oxazole rings is 1. The zero-order valence-corrected chi connectivity index (χ0v) is 11.6. The molecule has 1 aromatic carbocycles. The van der Waals surface area contributed by atoms with Crippen LogP contribution in [0.4, 0.5) is 0 Å². The second-order valence-corrected chi connectivity index (χ2v) is 5.57. The Morgan fingerprint density at radius 3 is 2.95 bits per heavy atom. The number of hydrogen-bond donors (Lipinski definition) is 1. The van der Waals surface area contributed by atoms with Gasteiger partial charge in [-0.15, -0.1) is 0 Å². The summed E-state index contributed by atoms with van der Waals surface area (Å²) >= 11 is 3.39. The number of carboxylic acid groups (broad SMARTS) is 1. The molecule has 1 heterocycles. The molecule has 0 bridgehead atoms. The minimum atomic E-state index is -0.794. The van der Waals surface area contributed by atoms with E-state index in [-0.39, 0.29) is 5.92 Å². The number of benzene rings is 1. The van der Waals surface area contributed by atoms with Gasteiger partial charge in [0.1, 0.15) is 5.52 Å². The molecule has 1 aliphatic carbocycles. The average Bonchev–Trinajstić information content (AvgIpc) is 2.81. The SMILES string of the molecule is O=C(O)[C@H]1CC=CC[C@H]1c1nc2cc(Br)ccc2o1. The van der Waals surface area contributed by atoms with E-state index in [1.165, 1.54) is 0 Å². The fourth-order valence-corrected chi connectivity index (χ4v) is 2.79. The maximum atomic E-state index is 11.3. The van der Waals surface area contributed by atoms with Crippen LogP contribution in [0.5, 0.6) is 0 Å². The monoisotopic (exact) mass is 321 g/mol. The topological polar surface area (TPSA) is 63.3 Å². The summed E-state index contributed by atoms with van der Waals surface area (Å²) in [6, 6.07) is 5.59. The smallest absolute Gasteiger partial charge is 0.307 e. The number of carboxylic acids is 1. The number of allylic oxidation sites excluding steroid dienone is 2. The second kappa shape index (κ2) is 4.81. The molecule has 0 saturated carbocycles. The maximum Gasteiger partial charge on any atom is 0.307 e. The first-order chi connectivity index (χ1) is 9.15. The molecule has 1 aromatic heterocycles. The van der Waals surface area contributed by atoms with Crippen LogP contribution in [0.1, 0.15) is 24.7 Å². The van der Waals surface area contributed by atoms with Crippen molar-refractivity contribution < 1.29 is 14.3 Å². The van der Waals surface area contributed by atoms with Crippen molar-refractivity contribution in [2.24, 2.45) is 5.92 Å². The third-order valence-electron chi connectivity index (χ3n) is 3.43. The molecule has 0 fully saturated rings. The zero-order valence-electron chi connectivity index (χ0n) is 10.0. The highest BCUT2D eigenvalue weighted by Crippen LogP contribution is 2.36. The van der Waals surface area contributed by atoms with E-state index in [0.29, 0.717) is 24.3 Å². The predicted molar refractivity (Wildman–Crippen MR) is 73.9 cm³/mol. The predicted octanol–water partition coefficient (Wildman–Crippen LogP) is 3.72. The first kappa shape index (κ1) is 12.4. The highest BCUT2D eigenvalue weighted by atomic mass is 79.9. The molecule has 0 amide bonds. The van der Waals surface area contributed by atoms with Gasteiger partial charge in [-0.1, -0.05) is 28.1 Å². The molecule has 0 unspecified atom stereocenters. The van der Waals surface area contributed by atoms with Crippen molar-refractivity contribution in [2.45, 2.75) is 18.8 Å². The standard InChI is InChI=1S/C14H12BrNO3/c15-8-5-6-12-11(7-8)16-13(19-12)9-3-1-2-4-10(9)14(17)18/h1-2,5-7,9-10H,3-4H2,(H,17,18)/t9-,10+/m1/s1. The summed E-state index contributed by atoms with van der Waals surface area (Å²) in [5.41, 5.74) is 1.44. The molecule has 4 nitrogen and oxygen atoms in total. The second-order valence-electron chi connectivity index (χ2n) is 4.66. The lowest BCUT2D eigenvalue weighted by Crippen LogP contribution is -2.23. The average molecular weight is 322 g/mol. The lowest BCUT2D eigenvalue weighted by molar-refractivity contribution is -0.142. The summed E-state index contributed by atoms with van der Waals surface area (Å²) in [6.07, 6.45) is 5.09. The minimum Gasteiger partial charge on any atom is -0.481 e. The van der Waals surface area contributed by atoms with Gasteiger partial charge in [0.25, 0.3) is 0 Å². The quantitative estimate of drug-likeness (QED) is 0.856. The molecule has 0 aliphatic heterocycles. The number of halogens is 1. The number of fused-ring (bicyclic) bond motifs is 1. The Balaban J connectivity index is 2.02. The molecule has 0 saturated heterocycles. The molecule has 98 valence electrons. The maximum absolute atomic E-state index is 11.3. The Labute approximate surface area is 118 Å². The Morgan fingerprint density at radius 1 is 1.37 bits per heavy atom. The summed E-state index contributed by atoms with van der Waals surface area (Å²) in [5, 5.41) is 9.28. The number of carbonyl (C=O) groups is 1. The summed E-state index contributed by atoms with van der Waals surface area (Å²) in [5.74, 6) is -0.919. The zero-order chi connectivity index (χ0) is 13.4. The van der Waals surface area contributed by atoms with E-state index in [1.54, 1.807) is 0 Å². The van der Waals surface area contributed by atoms with Crippen LogP contribution in [-0.4, -0.2) is 16.1 Å². The van der Waals surface area contributed by atoms with Crippen molar-refractivity contribution in [3.8, 4) is 0 Å². The van der Waals surface area contributed by atoms with Gasteiger partial charge in [-0.3, -0.25) is 4.79 Å². The molecular weight excluding hydrogens is 310 g/mol. The van der Waals surface area contributed by atoms with Gasteiger partial charge in [0, 0.05) is 4.47 Å². The van der Waals surface area contributed by atoms with Gasteiger partial charge in [0.2, 0.25) is 0 Å². The number of rotatable bonds is 2. The van der Waals surface area contributed by atoms with Crippen molar-refractivity contribution in [2.75, 3.05) is 0 Å². The van der Waals surface area contributed by atoms with Crippen LogP contribution in [0.15, 0.2) is 39.2 Å². The van der Waals surface area contributed by atoms with Gasteiger partial charge in [0.15, 0.2) is 11.5 Å². The summed E-state index contributed by atoms with van der Waals surface area (Å²) < 4.78 is 6.64. The number of aliphatic carboxylic acids is 1. The summed E-state index contributed by atoms with van der Waals surface area (Å²) in [4.78, 5) is 15.7. The molecule has 0 spiro atoms. The highest BCUT2D eigenvalue weighted by Gasteiger charge is 2.33. The molecule has 2 aromatic rings. The van der Waals surface area contributed by atoms with E-state index in [9.17, 15) is 9.90 Å². The molecule has 2 atom stereocenters. The highest BCUT2D eigenvalue weighted by molar-refractivity contribution is 9.10. The van der Waals surface area contributed by atoms with Crippen LogP contribution >= 0.6 is 15.9 Å². The van der Waals surface area contributed by atoms with Crippen LogP contribution in [0.3, 0.4) is 0 Å². The van der Waals surface area contributed by atoms with Crippen LogP contribution in [0.2, 0.25) is 0 Å². The lowest BCUT2D eigenvalue weighted by Gasteiger charge is -2.21. The first-order valence-electron chi connectivity index (χ1n) is 6.09. The summed E-state index contributed by atoms with van der Waals surface area (Å²) in [6.45, 7) is 0. The fraction of sp³-hybridized carbons (Fsp3) is 0.286. The van der Waals surface area contributed by atoms with Crippen LogP contribution in [-0.2, 0) is 4.79 Å². The lowest BCUT2D eigenvalue weighted by atomic mass is 9.83. The van der Waals surface area contributed by atoms with Crippen molar-refractivity contribution in [3.63, 3.8) is 0 Å². The van der Waals surface area contributed by atoms with E-state index < -0.39 is 11.9 Å². The van der Waals surface area contributed by atoms with Crippen LogP contribution in [0.25, 0.3) is 11.1 Å². The van der Waals surface area contributed by atoms with E-state index in [2.05, 4.69) is 20.9 Å². The van der Waals surface area contributed by atoms with Gasteiger partial charge in [-0.25, -0.2) is 4.98 Å². The van der Waals surface area contributed by atoms with Gasteiger partial charge in [0.05, 0.1) is 11.8 Å². The van der Waals surface area contributed by atoms with Gasteiger partial charge >= 0.3 is 5.97 Å². The molecule has 19 heavy (non-hydrogen) atoms. The van der Waals surface area contributed by atoms with E-state index >= 15 is 0 Å².